The second kappa shape index (κ2) is 4.94. The molecule has 0 saturated heterocycles. The zero-order valence-corrected chi connectivity index (χ0v) is 10.4. The molecular formula is C9H19NO4S. The van der Waals surface area contributed by atoms with Crippen LogP contribution in [-0.4, -0.2) is 31.3 Å². The second-order valence-corrected chi connectivity index (χ2v) is 6.45. The number of hydrogen-bond donors (Lipinski definition) is 2. The Morgan fingerprint density at radius 1 is 1.40 bits per heavy atom. The van der Waals surface area contributed by atoms with E-state index in [4.69, 9.17) is 5.11 Å². The van der Waals surface area contributed by atoms with Gasteiger partial charge in [-0.05, 0) is 11.8 Å². The SMILES string of the molecule is CCCS(=O)(=O)N[C@H](C(=O)O)C(C)(C)C. The van der Waals surface area contributed by atoms with E-state index in [9.17, 15) is 13.2 Å². The quantitative estimate of drug-likeness (QED) is 0.741. The number of carboxylic acid groups (broad SMARTS) is 1. The number of nitrogens with one attached hydrogen (secondary N) is 1. The fourth-order valence-electron chi connectivity index (χ4n) is 1.10. The highest BCUT2D eigenvalue weighted by molar-refractivity contribution is 7.89. The van der Waals surface area contributed by atoms with Crippen molar-refractivity contribution in [1.82, 2.24) is 4.72 Å². The Hall–Kier alpha value is -0.620. The molecule has 0 aliphatic rings. The first-order valence-electron chi connectivity index (χ1n) is 4.83. The molecule has 15 heavy (non-hydrogen) atoms. The average Bonchev–Trinajstić information content (AvgIpc) is 1.97. The van der Waals surface area contributed by atoms with E-state index in [0.717, 1.165) is 0 Å². The minimum Gasteiger partial charge on any atom is -0.480 e. The highest BCUT2D eigenvalue weighted by atomic mass is 32.2. The Morgan fingerprint density at radius 3 is 2.13 bits per heavy atom. The number of carbonyl (C=O) groups is 1. The lowest BCUT2D eigenvalue weighted by molar-refractivity contribution is -0.141. The maximum Gasteiger partial charge on any atom is 0.322 e. The molecule has 0 heterocycles. The van der Waals surface area contributed by atoms with Crippen molar-refractivity contribution in [2.75, 3.05) is 5.75 Å². The van der Waals surface area contributed by atoms with Crippen molar-refractivity contribution in [3.63, 3.8) is 0 Å². The van der Waals surface area contributed by atoms with Crippen molar-refractivity contribution in [2.45, 2.75) is 40.2 Å². The van der Waals surface area contributed by atoms with Crippen LogP contribution < -0.4 is 4.72 Å². The minimum absolute atomic E-state index is 0.0487. The molecule has 0 aromatic rings. The smallest absolute Gasteiger partial charge is 0.322 e. The topological polar surface area (TPSA) is 83.5 Å². The number of carboxylic acids is 1. The van der Waals surface area contributed by atoms with E-state index in [2.05, 4.69) is 4.72 Å². The van der Waals surface area contributed by atoms with Gasteiger partial charge in [-0.1, -0.05) is 27.7 Å². The van der Waals surface area contributed by atoms with Crippen molar-refractivity contribution in [3.8, 4) is 0 Å². The second-order valence-electron chi connectivity index (χ2n) is 4.57. The van der Waals surface area contributed by atoms with Gasteiger partial charge in [0, 0.05) is 0 Å². The van der Waals surface area contributed by atoms with E-state index in [1.54, 1.807) is 27.7 Å². The fraction of sp³-hybridized carbons (Fsp3) is 0.889. The lowest BCUT2D eigenvalue weighted by atomic mass is 9.88. The van der Waals surface area contributed by atoms with Crippen LogP contribution in [0.25, 0.3) is 0 Å². The van der Waals surface area contributed by atoms with Gasteiger partial charge in [0.15, 0.2) is 0 Å². The summed E-state index contributed by atoms with van der Waals surface area (Å²) in [5, 5.41) is 8.91. The first-order chi connectivity index (χ1) is 6.60. The van der Waals surface area contributed by atoms with E-state index in [1.165, 1.54) is 0 Å². The number of aliphatic carboxylic acids is 1. The van der Waals surface area contributed by atoms with Gasteiger partial charge in [-0.3, -0.25) is 4.79 Å². The summed E-state index contributed by atoms with van der Waals surface area (Å²) in [7, 11) is -3.49. The summed E-state index contributed by atoms with van der Waals surface area (Å²) in [6.07, 6.45) is 0.464. The molecule has 90 valence electrons. The highest BCUT2D eigenvalue weighted by Gasteiger charge is 2.34. The summed E-state index contributed by atoms with van der Waals surface area (Å²) in [5.41, 5.74) is -0.646. The molecule has 0 aromatic carbocycles. The minimum atomic E-state index is -3.49. The van der Waals surface area contributed by atoms with Crippen LogP contribution in [0.15, 0.2) is 0 Å². The van der Waals surface area contributed by atoms with Crippen molar-refractivity contribution in [2.24, 2.45) is 5.41 Å². The number of hydrogen-bond acceptors (Lipinski definition) is 3. The lowest BCUT2D eigenvalue weighted by Crippen LogP contribution is -2.49. The normalized spacial score (nSPS) is 14.9. The molecule has 2 N–H and O–H groups in total. The molecule has 1 atom stereocenters. The van der Waals surface area contributed by atoms with Crippen LogP contribution in [0.1, 0.15) is 34.1 Å². The van der Waals surface area contributed by atoms with Crippen molar-refractivity contribution in [1.29, 1.82) is 0 Å². The predicted molar refractivity (Wildman–Crippen MR) is 58.1 cm³/mol. The van der Waals surface area contributed by atoms with Crippen molar-refractivity contribution < 1.29 is 18.3 Å². The molecule has 5 nitrogen and oxygen atoms in total. The van der Waals surface area contributed by atoms with Crippen LogP contribution in [0.3, 0.4) is 0 Å². The van der Waals surface area contributed by atoms with Crippen LogP contribution in [0, 0.1) is 5.41 Å². The highest BCUT2D eigenvalue weighted by Crippen LogP contribution is 2.20. The Kier molecular flexibility index (Phi) is 4.73. The molecule has 0 aromatic heterocycles. The zero-order chi connectivity index (χ0) is 12.3. The summed E-state index contributed by atoms with van der Waals surface area (Å²) in [6, 6.07) is -1.09. The average molecular weight is 237 g/mol. The molecule has 0 amide bonds. The lowest BCUT2D eigenvalue weighted by Gasteiger charge is -2.27. The third kappa shape index (κ3) is 5.13. The van der Waals surface area contributed by atoms with E-state index in [-0.39, 0.29) is 5.75 Å². The first-order valence-corrected chi connectivity index (χ1v) is 6.48. The summed E-state index contributed by atoms with van der Waals surface area (Å²) in [4.78, 5) is 10.9. The van der Waals surface area contributed by atoms with Crippen molar-refractivity contribution >= 4 is 16.0 Å². The third-order valence-corrected chi connectivity index (χ3v) is 3.42. The zero-order valence-electron chi connectivity index (χ0n) is 9.57. The van der Waals surface area contributed by atoms with Gasteiger partial charge in [-0.15, -0.1) is 0 Å². The Labute approximate surface area is 90.9 Å². The van der Waals surface area contributed by atoms with Gasteiger partial charge < -0.3 is 5.11 Å². The Balaban J connectivity index is 4.79. The maximum absolute atomic E-state index is 11.4. The largest absolute Gasteiger partial charge is 0.480 e. The molecule has 0 bridgehead atoms. The van der Waals surface area contributed by atoms with E-state index < -0.39 is 27.4 Å². The van der Waals surface area contributed by atoms with Gasteiger partial charge >= 0.3 is 5.97 Å². The molecule has 6 heteroatoms. The van der Waals surface area contributed by atoms with Crippen LogP contribution in [0.4, 0.5) is 0 Å². The molecule has 0 unspecified atom stereocenters. The van der Waals surface area contributed by atoms with Gasteiger partial charge in [-0.25, -0.2) is 13.1 Å². The van der Waals surface area contributed by atoms with Gasteiger partial charge in [0.2, 0.25) is 10.0 Å². The van der Waals surface area contributed by atoms with Crippen molar-refractivity contribution in [3.05, 3.63) is 0 Å². The van der Waals surface area contributed by atoms with Crippen LogP contribution >= 0.6 is 0 Å². The van der Waals surface area contributed by atoms with E-state index in [1.807, 2.05) is 0 Å². The van der Waals surface area contributed by atoms with Gasteiger partial charge in [-0.2, -0.15) is 0 Å². The Bertz CT molecular complexity index is 315. The summed E-state index contributed by atoms with van der Waals surface area (Å²) < 4.78 is 25.0. The van der Waals surface area contributed by atoms with Gasteiger partial charge in [0.1, 0.15) is 6.04 Å². The Morgan fingerprint density at radius 2 is 1.87 bits per heavy atom. The molecule has 0 aliphatic carbocycles. The molecule has 0 radical (unpaired) electrons. The van der Waals surface area contributed by atoms with E-state index in [0.29, 0.717) is 6.42 Å². The fourth-order valence-corrected chi connectivity index (χ4v) is 2.57. The summed E-state index contributed by atoms with van der Waals surface area (Å²) in [6.45, 7) is 6.77. The number of rotatable bonds is 5. The van der Waals surface area contributed by atoms with Crippen LogP contribution in [0.2, 0.25) is 0 Å². The van der Waals surface area contributed by atoms with Gasteiger partial charge in [0.05, 0.1) is 5.75 Å². The molecular weight excluding hydrogens is 218 g/mol. The number of sulfonamides is 1. The van der Waals surface area contributed by atoms with Crippen LogP contribution in [0.5, 0.6) is 0 Å². The molecule has 0 spiro atoms. The molecule has 0 aliphatic heterocycles. The van der Waals surface area contributed by atoms with E-state index >= 15 is 0 Å². The summed E-state index contributed by atoms with van der Waals surface area (Å²) >= 11 is 0. The van der Waals surface area contributed by atoms with Gasteiger partial charge in [0.25, 0.3) is 0 Å². The summed E-state index contributed by atoms with van der Waals surface area (Å²) in [5.74, 6) is -1.20. The maximum atomic E-state index is 11.4. The van der Waals surface area contributed by atoms with Crippen LogP contribution in [-0.2, 0) is 14.8 Å². The molecule has 0 fully saturated rings. The standard InChI is InChI=1S/C9H19NO4S/c1-5-6-15(13,14)10-7(8(11)12)9(2,3)4/h7,10H,5-6H2,1-4H3,(H,11,12)/t7-/m1/s1. The molecule has 0 rings (SSSR count). The monoisotopic (exact) mass is 237 g/mol. The predicted octanol–water partition coefficient (Wildman–Crippen LogP) is 0.815. The third-order valence-electron chi connectivity index (χ3n) is 1.88. The first kappa shape index (κ1) is 14.4. The molecule has 0 saturated carbocycles.